The topological polar surface area (TPSA) is 31.2 Å². The zero-order valence-corrected chi connectivity index (χ0v) is 22.0. The molecule has 3 heteroatoms. The van der Waals surface area contributed by atoms with Crippen LogP contribution >= 0.6 is 0 Å². The lowest BCUT2D eigenvalue weighted by Crippen LogP contribution is -1.92. The molecule has 0 amide bonds. The molecule has 0 saturated carbocycles. The van der Waals surface area contributed by atoms with Gasteiger partial charge in [-0.2, -0.15) is 0 Å². The number of hydrogen-bond donors (Lipinski definition) is 0. The van der Waals surface area contributed by atoms with E-state index in [0.29, 0.717) is 0 Å². The van der Waals surface area contributed by atoms with Crippen LogP contribution in [0.15, 0.2) is 148 Å². The first-order chi connectivity index (χ1) is 20.3. The molecular weight excluding hydrogens is 502 g/mol. The standard InChI is InChI=1S/C38H23NO2/c1-3-11-24(12-4-1)27-16-9-18-29-30-19-10-17-28(37(30)41-36(27)29)25-21-22-32-34(23-25)40-38-31-15-7-8-20-33(31)39(35(32)38)26-13-5-2-6-14-26/h1-23H. The van der Waals surface area contributed by atoms with Crippen molar-refractivity contribution in [3.8, 4) is 27.9 Å². The molecule has 0 bridgehead atoms. The Morgan fingerprint density at radius 3 is 1.80 bits per heavy atom. The van der Waals surface area contributed by atoms with Crippen molar-refractivity contribution in [2.45, 2.75) is 0 Å². The minimum Gasteiger partial charge on any atom is -0.455 e. The van der Waals surface area contributed by atoms with E-state index in [4.69, 9.17) is 8.83 Å². The monoisotopic (exact) mass is 525 g/mol. The van der Waals surface area contributed by atoms with E-state index in [0.717, 1.165) is 82.9 Å². The molecule has 6 aromatic carbocycles. The third-order valence-electron chi connectivity index (χ3n) is 8.21. The highest BCUT2D eigenvalue weighted by molar-refractivity contribution is 6.17. The first kappa shape index (κ1) is 22.3. The molecule has 3 heterocycles. The Labute approximate surface area is 235 Å². The number of furan rings is 2. The molecule has 0 aliphatic rings. The molecule has 0 radical (unpaired) electrons. The van der Waals surface area contributed by atoms with Gasteiger partial charge < -0.3 is 13.4 Å². The molecule has 0 N–H and O–H groups in total. The van der Waals surface area contributed by atoms with E-state index < -0.39 is 0 Å². The van der Waals surface area contributed by atoms with Crippen LogP contribution in [0, 0.1) is 0 Å². The number of benzene rings is 6. The van der Waals surface area contributed by atoms with Crippen LogP contribution in [0.1, 0.15) is 0 Å². The fourth-order valence-corrected chi connectivity index (χ4v) is 6.37. The first-order valence-corrected chi connectivity index (χ1v) is 13.9. The summed E-state index contributed by atoms with van der Waals surface area (Å²) < 4.78 is 15.6. The maximum atomic E-state index is 6.68. The van der Waals surface area contributed by atoms with Gasteiger partial charge in [0.25, 0.3) is 0 Å². The summed E-state index contributed by atoms with van der Waals surface area (Å²) in [5.41, 5.74) is 11.3. The lowest BCUT2D eigenvalue weighted by molar-refractivity contribution is 0.670. The molecule has 0 spiro atoms. The largest absolute Gasteiger partial charge is 0.455 e. The van der Waals surface area contributed by atoms with Crippen molar-refractivity contribution in [1.29, 1.82) is 0 Å². The van der Waals surface area contributed by atoms with Crippen LogP contribution in [0.3, 0.4) is 0 Å². The average molecular weight is 526 g/mol. The normalized spacial score (nSPS) is 11.9. The summed E-state index contributed by atoms with van der Waals surface area (Å²) >= 11 is 0. The van der Waals surface area contributed by atoms with Gasteiger partial charge in [-0.25, -0.2) is 0 Å². The SMILES string of the molecule is c1ccc(-c2cccc3c2oc2c(-c4ccc5c(c4)oc4c6ccccc6n(-c6ccccc6)c54)cccc23)cc1. The minimum atomic E-state index is 0.862. The maximum Gasteiger partial charge on any atom is 0.161 e. The van der Waals surface area contributed by atoms with Crippen LogP contribution in [0.4, 0.5) is 0 Å². The summed E-state index contributed by atoms with van der Waals surface area (Å²) in [6.07, 6.45) is 0. The number of hydrogen-bond acceptors (Lipinski definition) is 2. The molecule has 0 saturated heterocycles. The Morgan fingerprint density at radius 2 is 1.05 bits per heavy atom. The summed E-state index contributed by atoms with van der Waals surface area (Å²) in [5.74, 6) is 0. The summed E-state index contributed by atoms with van der Waals surface area (Å²) in [5, 5.41) is 4.43. The van der Waals surface area contributed by atoms with Crippen molar-refractivity contribution in [2.24, 2.45) is 0 Å². The fourth-order valence-electron chi connectivity index (χ4n) is 6.37. The van der Waals surface area contributed by atoms with Crippen molar-refractivity contribution >= 4 is 54.9 Å². The van der Waals surface area contributed by atoms with Crippen molar-refractivity contribution < 1.29 is 8.83 Å². The van der Waals surface area contributed by atoms with Crippen LogP contribution in [0.5, 0.6) is 0 Å². The van der Waals surface area contributed by atoms with E-state index in [1.807, 2.05) is 12.1 Å². The first-order valence-electron chi connectivity index (χ1n) is 13.9. The Hall–Kier alpha value is -5.54. The van der Waals surface area contributed by atoms with E-state index in [1.54, 1.807) is 0 Å². The average Bonchev–Trinajstić information content (AvgIpc) is 3.70. The molecule has 9 aromatic rings. The second-order valence-corrected chi connectivity index (χ2v) is 10.5. The van der Waals surface area contributed by atoms with E-state index >= 15 is 0 Å². The number of para-hydroxylation sites is 4. The zero-order chi connectivity index (χ0) is 26.9. The van der Waals surface area contributed by atoms with Gasteiger partial charge in [-0.15, -0.1) is 0 Å². The fraction of sp³-hybridized carbons (Fsp3) is 0. The van der Waals surface area contributed by atoms with Gasteiger partial charge in [0.2, 0.25) is 0 Å². The Bertz CT molecular complexity index is 2410. The molecule has 41 heavy (non-hydrogen) atoms. The van der Waals surface area contributed by atoms with Gasteiger partial charge >= 0.3 is 0 Å². The predicted molar refractivity (Wildman–Crippen MR) is 169 cm³/mol. The van der Waals surface area contributed by atoms with Gasteiger partial charge in [-0.05, 0) is 47.5 Å². The minimum absolute atomic E-state index is 0.862. The molecule has 3 nitrogen and oxygen atoms in total. The van der Waals surface area contributed by atoms with Gasteiger partial charge in [0.05, 0.1) is 5.52 Å². The molecule has 9 rings (SSSR count). The molecule has 0 aliphatic heterocycles. The molecular formula is C38H23NO2. The molecule has 0 unspecified atom stereocenters. The van der Waals surface area contributed by atoms with Gasteiger partial charge in [-0.3, -0.25) is 0 Å². The van der Waals surface area contributed by atoms with Crippen molar-refractivity contribution in [3.05, 3.63) is 140 Å². The molecule has 0 aliphatic carbocycles. The second kappa shape index (κ2) is 8.48. The molecule has 0 fully saturated rings. The van der Waals surface area contributed by atoms with Gasteiger partial charge in [0.15, 0.2) is 5.58 Å². The molecule has 3 aromatic heterocycles. The summed E-state index contributed by atoms with van der Waals surface area (Å²) in [6, 6.07) is 48.7. The summed E-state index contributed by atoms with van der Waals surface area (Å²) in [6.45, 7) is 0. The van der Waals surface area contributed by atoms with Crippen LogP contribution in [-0.2, 0) is 0 Å². The van der Waals surface area contributed by atoms with Crippen molar-refractivity contribution in [1.82, 2.24) is 4.57 Å². The lowest BCUT2D eigenvalue weighted by Gasteiger charge is -2.07. The Balaban J connectivity index is 1.28. The third kappa shape index (κ3) is 3.20. The summed E-state index contributed by atoms with van der Waals surface area (Å²) in [7, 11) is 0. The van der Waals surface area contributed by atoms with E-state index in [9.17, 15) is 0 Å². The van der Waals surface area contributed by atoms with Crippen molar-refractivity contribution in [3.63, 3.8) is 0 Å². The van der Waals surface area contributed by atoms with Gasteiger partial charge in [0.1, 0.15) is 22.3 Å². The van der Waals surface area contributed by atoms with Crippen LogP contribution in [0.25, 0.3) is 82.9 Å². The predicted octanol–water partition coefficient (Wildman–Crippen LogP) is 10.8. The maximum absolute atomic E-state index is 6.68. The number of aromatic nitrogens is 1. The van der Waals surface area contributed by atoms with E-state index in [-0.39, 0.29) is 0 Å². The highest BCUT2D eigenvalue weighted by Crippen LogP contribution is 2.43. The zero-order valence-electron chi connectivity index (χ0n) is 22.0. The van der Waals surface area contributed by atoms with Gasteiger partial charge in [-0.1, -0.05) is 103 Å². The second-order valence-electron chi connectivity index (χ2n) is 10.5. The van der Waals surface area contributed by atoms with Crippen LogP contribution < -0.4 is 0 Å². The number of rotatable bonds is 3. The number of fused-ring (bicyclic) bond motifs is 8. The molecule has 0 atom stereocenters. The van der Waals surface area contributed by atoms with Crippen LogP contribution in [-0.4, -0.2) is 4.57 Å². The quantitative estimate of drug-likeness (QED) is 0.230. The van der Waals surface area contributed by atoms with Crippen LogP contribution in [0.2, 0.25) is 0 Å². The Kier molecular flexibility index (Phi) is 4.61. The highest BCUT2D eigenvalue weighted by atomic mass is 16.3. The smallest absolute Gasteiger partial charge is 0.161 e. The van der Waals surface area contributed by atoms with Crippen molar-refractivity contribution in [2.75, 3.05) is 0 Å². The lowest BCUT2D eigenvalue weighted by atomic mass is 10.00. The van der Waals surface area contributed by atoms with Gasteiger partial charge in [0, 0.05) is 38.4 Å². The Morgan fingerprint density at radius 1 is 0.415 bits per heavy atom. The number of nitrogens with zero attached hydrogens (tertiary/aromatic N) is 1. The van der Waals surface area contributed by atoms with E-state index in [1.165, 1.54) is 0 Å². The molecule has 192 valence electrons. The summed E-state index contributed by atoms with van der Waals surface area (Å²) in [4.78, 5) is 0. The van der Waals surface area contributed by atoms with E-state index in [2.05, 4.69) is 132 Å². The highest BCUT2D eigenvalue weighted by Gasteiger charge is 2.21. The third-order valence-corrected chi connectivity index (χ3v) is 8.21.